The van der Waals surface area contributed by atoms with Gasteiger partial charge < -0.3 is 5.32 Å². The van der Waals surface area contributed by atoms with Crippen LogP contribution in [0.15, 0.2) is 34.9 Å². The number of hydrogen-bond acceptors (Lipinski definition) is 2. The van der Waals surface area contributed by atoms with Gasteiger partial charge in [0.05, 0.1) is 22.9 Å². The second-order valence-corrected chi connectivity index (χ2v) is 5.19. The van der Waals surface area contributed by atoms with Crippen LogP contribution in [0.4, 0.5) is 10.1 Å². The molecule has 2 aromatic rings. The lowest BCUT2D eigenvalue weighted by Gasteiger charge is -2.10. The summed E-state index contributed by atoms with van der Waals surface area (Å²) in [4.78, 5) is 4.28. The molecule has 0 fully saturated rings. The number of anilines is 1. The molecule has 1 heterocycles. The van der Waals surface area contributed by atoms with Crippen molar-refractivity contribution in [2.45, 2.75) is 13.5 Å². The summed E-state index contributed by atoms with van der Waals surface area (Å²) in [6, 6.07) is 6.58. The van der Waals surface area contributed by atoms with Crippen LogP contribution in [0.5, 0.6) is 0 Å². The first-order valence-corrected chi connectivity index (χ1v) is 6.53. The van der Waals surface area contributed by atoms with Crippen molar-refractivity contribution in [3.63, 3.8) is 0 Å². The Balaban J connectivity index is 2.13. The van der Waals surface area contributed by atoms with Crippen LogP contribution in [0.25, 0.3) is 0 Å². The molecule has 0 unspecified atom stereocenters. The van der Waals surface area contributed by atoms with Crippen LogP contribution in [0, 0.1) is 12.7 Å². The molecule has 0 saturated carbocycles. The molecule has 0 saturated heterocycles. The fourth-order valence-corrected chi connectivity index (χ4v) is 2.45. The van der Waals surface area contributed by atoms with Crippen molar-refractivity contribution in [1.29, 1.82) is 0 Å². The minimum Gasteiger partial charge on any atom is -0.377 e. The number of halogens is 3. The van der Waals surface area contributed by atoms with Gasteiger partial charge in [0.15, 0.2) is 0 Å². The van der Waals surface area contributed by atoms with Gasteiger partial charge in [-0.25, -0.2) is 4.39 Å². The molecule has 2 rings (SSSR count). The van der Waals surface area contributed by atoms with Gasteiger partial charge in [-0.3, -0.25) is 4.98 Å². The molecular formula is C13H11BrClFN2. The van der Waals surface area contributed by atoms with Crippen LogP contribution < -0.4 is 5.32 Å². The number of nitrogens with zero attached hydrogens (tertiary/aromatic N) is 1. The highest BCUT2D eigenvalue weighted by Gasteiger charge is 2.07. The third-order valence-electron chi connectivity index (χ3n) is 2.43. The monoisotopic (exact) mass is 328 g/mol. The fourth-order valence-electron chi connectivity index (χ4n) is 1.49. The van der Waals surface area contributed by atoms with Gasteiger partial charge in [-0.2, -0.15) is 0 Å². The summed E-state index contributed by atoms with van der Waals surface area (Å²) in [5.41, 5.74) is 2.67. The average molecular weight is 330 g/mol. The van der Waals surface area contributed by atoms with Crippen molar-refractivity contribution in [2.24, 2.45) is 0 Å². The first-order valence-electron chi connectivity index (χ1n) is 5.36. The van der Waals surface area contributed by atoms with E-state index in [0.29, 0.717) is 21.7 Å². The predicted octanol–water partition coefficient (Wildman–Crippen LogP) is 4.56. The topological polar surface area (TPSA) is 24.9 Å². The van der Waals surface area contributed by atoms with Crippen LogP contribution in [-0.4, -0.2) is 4.98 Å². The normalized spacial score (nSPS) is 10.4. The number of rotatable bonds is 3. The number of aryl methyl sites for hydroxylation is 1. The number of nitrogens with one attached hydrogen (secondary N) is 1. The molecule has 94 valence electrons. The van der Waals surface area contributed by atoms with Crippen LogP contribution in [0.1, 0.15) is 11.3 Å². The number of hydrogen-bond donors (Lipinski definition) is 1. The van der Waals surface area contributed by atoms with Crippen LogP contribution in [-0.2, 0) is 6.54 Å². The van der Waals surface area contributed by atoms with Gasteiger partial charge in [0.1, 0.15) is 5.82 Å². The molecule has 0 aliphatic heterocycles. The molecule has 1 N–H and O–H groups in total. The molecule has 0 radical (unpaired) electrons. The average Bonchev–Trinajstić information content (AvgIpc) is 2.30. The van der Waals surface area contributed by atoms with E-state index in [1.54, 1.807) is 6.20 Å². The Morgan fingerprint density at radius 3 is 2.78 bits per heavy atom. The van der Waals surface area contributed by atoms with Crippen molar-refractivity contribution in [3.05, 3.63) is 57.0 Å². The highest BCUT2D eigenvalue weighted by atomic mass is 79.9. The second kappa shape index (κ2) is 5.67. The second-order valence-electron chi connectivity index (χ2n) is 3.92. The molecule has 1 aromatic heterocycles. The fraction of sp³-hybridized carbons (Fsp3) is 0.154. The lowest BCUT2D eigenvalue weighted by Crippen LogP contribution is -2.03. The SMILES string of the molecule is Cc1ccc(CNc2c(Cl)cc(F)cc2Br)nc1. The molecule has 0 aliphatic rings. The zero-order valence-corrected chi connectivity index (χ0v) is 12.0. The van der Waals surface area contributed by atoms with Crippen LogP contribution in [0.2, 0.25) is 5.02 Å². The van der Waals surface area contributed by atoms with Crippen LogP contribution in [0.3, 0.4) is 0 Å². The lowest BCUT2D eigenvalue weighted by molar-refractivity contribution is 0.627. The van der Waals surface area contributed by atoms with Crippen molar-refractivity contribution < 1.29 is 4.39 Å². The summed E-state index contributed by atoms with van der Waals surface area (Å²) in [6.07, 6.45) is 1.80. The van der Waals surface area contributed by atoms with Gasteiger partial charge in [-0.1, -0.05) is 17.7 Å². The Bertz CT molecular complexity index is 534. The zero-order valence-electron chi connectivity index (χ0n) is 9.67. The first kappa shape index (κ1) is 13.3. The minimum absolute atomic E-state index is 0.342. The van der Waals surface area contributed by atoms with E-state index in [2.05, 4.69) is 26.2 Å². The van der Waals surface area contributed by atoms with Gasteiger partial charge in [-0.05, 0) is 46.6 Å². The highest BCUT2D eigenvalue weighted by molar-refractivity contribution is 9.10. The van der Waals surface area contributed by atoms with E-state index >= 15 is 0 Å². The van der Waals surface area contributed by atoms with E-state index < -0.39 is 0 Å². The van der Waals surface area contributed by atoms with Crippen LogP contribution >= 0.6 is 27.5 Å². The van der Waals surface area contributed by atoms with Gasteiger partial charge in [0.25, 0.3) is 0 Å². The van der Waals surface area contributed by atoms with Crippen molar-refractivity contribution in [1.82, 2.24) is 4.98 Å². The Kier molecular flexibility index (Phi) is 4.19. The summed E-state index contributed by atoms with van der Waals surface area (Å²) in [5.74, 6) is -0.370. The van der Waals surface area contributed by atoms with Gasteiger partial charge in [0.2, 0.25) is 0 Å². The Hall–Kier alpha value is -1.13. The van der Waals surface area contributed by atoms with E-state index in [4.69, 9.17) is 11.6 Å². The quantitative estimate of drug-likeness (QED) is 0.893. The molecular weight excluding hydrogens is 319 g/mol. The molecule has 0 aliphatic carbocycles. The maximum Gasteiger partial charge on any atom is 0.125 e. The lowest BCUT2D eigenvalue weighted by atomic mass is 10.2. The minimum atomic E-state index is -0.370. The smallest absolute Gasteiger partial charge is 0.125 e. The summed E-state index contributed by atoms with van der Waals surface area (Å²) >= 11 is 9.25. The van der Waals surface area contributed by atoms with E-state index in [0.717, 1.165) is 11.3 Å². The third-order valence-corrected chi connectivity index (χ3v) is 3.35. The summed E-state index contributed by atoms with van der Waals surface area (Å²) in [7, 11) is 0. The molecule has 0 amide bonds. The van der Waals surface area contributed by atoms with E-state index in [1.165, 1.54) is 12.1 Å². The van der Waals surface area contributed by atoms with E-state index in [9.17, 15) is 4.39 Å². The number of pyridine rings is 1. The Morgan fingerprint density at radius 1 is 1.39 bits per heavy atom. The van der Waals surface area contributed by atoms with Gasteiger partial charge in [-0.15, -0.1) is 0 Å². The molecule has 2 nitrogen and oxygen atoms in total. The number of benzene rings is 1. The standard InChI is InChI=1S/C13H11BrClFN2/c1-8-2-3-10(17-6-8)7-18-13-11(14)4-9(16)5-12(13)15/h2-6,18H,7H2,1H3. The molecule has 0 spiro atoms. The maximum atomic E-state index is 13.1. The molecule has 18 heavy (non-hydrogen) atoms. The Labute approximate surface area is 118 Å². The molecule has 1 aromatic carbocycles. The molecule has 5 heteroatoms. The zero-order chi connectivity index (χ0) is 13.1. The van der Waals surface area contributed by atoms with E-state index in [-0.39, 0.29) is 5.82 Å². The molecule has 0 atom stereocenters. The third kappa shape index (κ3) is 3.21. The molecule has 0 bridgehead atoms. The van der Waals surface area contributed by atoms with Crippen molar-refractivity contribution >= 4 is 33.2 Å². The summed E-state index contributed by atoms with van der Waals surface area (Å²) in [5, 5.41) is 3.48. The van der Waals surface area contributed by atoms with Crippen molar-refractivity contribution in [3.8, 4) is 0 Å². The highest BCUT2D eigenvalue weighted by Crippen LogP contribution is 2.31. The summed E-state index contributed by atoms with van der Waals surface area (Å²) < 4.78 is 13.7. The maximum absolute atomic E-state index is 13.1. The van der Waals surface area contributed by atoms with Crippen molar-refractivity contribution in [2.75, 3.05) is 5.32 Å². The summed E-state index contributed by atoms with van der Waals surface area (Å²) in [6.45, 7) is 2.52. The largest absolute Gasteiger partial charge is 0.377 e. The van der Waals surface area contributed by atoms with E-state index in [1.807, 2.05) is 19.1 Å². The van der Waals surface area contributed by atoms with Gasteiger partial charge >= 0.3 is 0 Å². The first-order chi connectivity index (χ1) is 8.56. The Morgan fingerprint density at radius 2 is 2.17 bits per heavy atom. The predicted molar refractivity (Wildman–Crippen MR) is 75.4 cm³/mol. The number of aromatic nitrogens is 1. The van der Waals surface area contributed by atoms with Gasteiger partial charge in [0, 0.05) is 10.7 Å².